The lowest BCUT2D eigenvalue weighted by Gasteiger charge is -2.46. The number of piperidine rings is 1. The third kappa shape index (κ3) is 2.83. The molecule has 2 fully saturated rings. The van der Waals surface area contributed by atoms with E-state index in [2.05, 4.69) is 34.5 Å². The van der Waals surface area contributed by atoms with Gasteiger partial charge in [0.1, 0.15) is 0 Å². The molecule has 0 aromatic heterocycles. The van der Waals surface area contributed by atoms with Gasteiger partial charge in [-0.15, -0.1) is 0 Å². The lowest BCUT2D eigenvalue weighted by Crippen LogP contribution is -2.54. The molecule has 3 aliphatic rings. The van der Waals surface area contributed by atoms with E-state index in [1.54, 1.807) is 11.1 Å². The van der Waals surface area contributed by atoms with Gasteiger partial charge >= 0.3 is 0 Å². The van der Waals surface area contributed by atoms with Crippen LogP contribution in [0.4, 0.5) is 0 Å². The Bertz CT molecular complexity index is 496. The highest BCUT2D eigenvalue weighted by atomic mass is 15.2. The quantitative estimate of drug-likeness (QED) is 0.895. The summed E-state index contributed by atoms with van der Waals surface area (Å²) in [5.74, 6) is 0.981. The molecule has 1 aromatic rings. The van der Waals surface area contributed by atoms with E-state index in [4.69, 9.17) is 0 Å². The van der Waals surface area contributed by atoms with Crippen molar-refractivity contribution in [1.82, 2.24) is 10.2 Å². The maximum atomic E-state index is 3.89. The second-order valence-corrected chi connectivity index (χ2v) is 7.72. The molecule has 22 heavy (non-hydrogen) atoms. The SMILES string of the molecule is c1ccc2c(c1)CCNC21CCN(CC2CCCCC2)CC1. The molecule has 0 radical (unpaired) electrons. The van der Waals surface area contributed by atoms with Gasteiger partial charge in [-0.2, -0.15) is 0 Å². The highest BCUT2D eigenvalue weighted by Gasteiger charge is 2.39. The molecule has 4 rings (SSSR count). The van der Waals surface area contributed by atoms with Crippen molar-refractivity contribution < 1.29 is 0 Å². The zero-order valence-corrected chi connectivity index (χ0v) is 13.8. The molecular weight excluding hydrogens is 268 g/mol. The molecule has 1 aromatic carbocycles. The third-order valence-corrected chi connectivity index (χ3v) is 6.34. The highest BCUT2D eigenvalue weighted by Crippen LogP contribution is 2.38. The molecule has 0 bridgehead atoms. The van der Waals surface area contributed by atoms with Crippen LogP contribution in [0.15, 0.2) is 24.3 Å². The van der Waals surface area contributed by atoms with Crippen molar-refractivity contribution >= 4 is 0 Å². The van der Waals surface area contributed by atoms with Crippen LogP contribution in [-0.4, -0.2) is 31.1 Å². The van der Waals surface area contributed by atoms with E-state index < -0.39 is 0 Å². The molecule has 120 valence electrons. The number of hydrogen-bond acceptors (Lipinski definition) is 2. The molecule has 2 heteroatoms. The lowest BCUT2D eigenvalue weighted by atomic mass is 9.75. The van der Waals surface area contributed by atoms with Gasteiger partial charge in [-0.25, -0.2) is 0 Å². The summed E-state index contributed by atoms with van der Waals surface area (Å²) in [4.78, 5) is 2.75. The van der Waals surface area contributed by atoms with E-state index in [1.165, 1.54) is 71.0 Å². The van der Waals surface area contributed by atoms with Crippen molar-refractivity contribution in [2.45, 2.75) is 56.9 Å². The maximum absolute atomic E-state index is 3.89. The highest BCUT2D eigenvalue weighted by molar-refractivity contribution is 5.36. The predicted molar refractivity (Wildman–Crippen MR) is 92.1 cm³/mol. The zero-order chi connectivity index (χ0) is 14.8. The molecular formula is C20H30N2. The second kappa shape index (κ2) is 6.33. The monoisotopic (exact) mass is 298 g/mol. The van der Waals surface area contributed by atoms with Crippen LogP contribution in [0, 0.1) is 5.92 Å². The van der Waals surface area contributed by atoms with Crippen LogP contribution in [-0.2, 0) is 12.0 Å². The van der Waals surface area contributed by atoms with E-state index >= 15 is 0 Å². The molecule has 0 unspecified atom stereocenters. The zero-order valence-electron chi connectivity index (χ0n) is 13.8. The molecule has 0 atom stereocenters. The van der Waals surface area contributed by atoms with Crippen molar-refractivity contribution in [3.05, 3.63) is 35.4 Å². The van der Waals surface area contributed by atoms with Gasteiger partial charge in [0.2, 0.25) is 0 Å². The minimum Gasteiger partial charge on any atom is -0.307 e. The Morgan fingerprint density at radius 1 is 1.05 bits per heavy atom. The predicted octanol–water partition coefficient (Wildman–Crippen LogP) is 3.70. The largest absolute Gasteiger partial charge is 0.307 e. The van der Waals surface area contributed by atoms with Crippen LogP contribution in [0.2, 0.25) is 0 Å². The Labute approximate surface area is 135 Å². The Balaban J connectivity index is 1.41. The van der Waals surface area contributed by atoms with Crippen molar-refractivity contribution in [1.29, 1.82) is 0 Å². The number of nitrogens with zero attached hydrogens (tertiary/aromatic N) is 1. The first-order chi connectivity index (χ1) is 10.9. The summed E-state index contributed by atoms with van der Waals surface area (Å²) < 4.78 is 0. The fourth-order valence-electron chi connectivity index (χ4n) is 5.04. The Kier molecular flexibility index (Phi) is 4.23. The number of likely N-dealkylation sites (tertiary alicyclic amines) is 1. The van der Waals surface area contributed by atoms with Crippen molar-refractivity contribution in [3.8, 4) is 0 Å². The Morgan fingerprint density at radius 2 is 1.82 bits per heavy atom. The topological polar surface area (TPSA) is 15.3 Å². The van der Waals surface area contributed by atoms with Crippen LogP contribution in [0.25, 0.3) is 0 Å². The van der Waals surface area contributed by atoms with Gasteiger partial charge in [0, 0.05) is 31.7 Å². The Hall–Kier alpha value is -0.860. The summed E-state index contributed by atoms with van der Waals surface area (Å²) in [5, 5.41) is 3.89. The van der Waals surface area contributed by atoms with Crippen molar-refractivity contribution in [2.24, 2.45) is 5.92 Å². The van der Waals surface area contributed by atoms with E-state index in [1.807, 2.05) is 0 Å². The number of fused-ring (bicyclic) bond motifs is 2. The van der Waals surface area contributed by atoms with Gasteiger partial charge < -0.3 is 10.2 Å². The maximum Gasteiger partial charge on any atom is 0.0461 e. The first-order valence-corrected chi connectivity index (χ1v) is 9.41. The molecule has 1 saturated heterocycles. The smallest absolute Gasteiger partial charge is 0.0461 e. The average molecular weight is 298 g/mol. The van der Waals surface area contributed by atoms with Crippen molar-refractivity contribution in [3.63, 3.8) is 0 Å². The van der Waals surface area contributed by atoms with Gasteiger partial charge in [0.15, 0.2) is 0 Å². The standard InChI is InChI=1S/C20H30N2/c1-2-6-17(7-3-1)16-22-14-11-20(12-15-22)19-9-5-4-8-18(19)10-13-21-20/h4-5,8-9,17,21H,1-3,6-7,10-16H2. The number of rotatable bonds is 2. The molecule has 1 saturated carbocycles. The van der Waals surface area contributed by atoms with E-state index in [0.29, 0.717) is 0 Å². The summed E-state index contributed by atoms with van der Waals surface area (Å²) in [5.41, 5.74) is 3.46. The number of hydrogen-bond donors (Lipinski definition) is 1. The van der Waals surface area contributed by atoms with Crippen LogP contribution in [0.5, 0.6) is 0 Å². The van der Waals surface area contributed by atoms with Gasteiger partial charge in [-0.05, 0) is 49.1 Å². The molecule has 2 aliphatic heterocycles. The minimum atomic E-state index is 0.276. The second-order valence-electron chi connectivity index (χ2n) is 7.72. The average Bonchev–Trinajstić information content (AvgIpc) is 2.59. The summed E-state index contributed by atoms with van der Waals surface area (Å²) in [6.45, 7) is 5.06. The third-order valence-electron chi connectivity index (χ3n) is 6.34. The fourth-order valence-corrected chi connectivity index (χ4v) is 5.04. The number of nitrogens with one attached hydrogen (secondary N) is 1. The van der Waals surface area contributed by atoms with Crippen LogP contribution >= 0.6 is 0 Å². The van der Waals surface area contributed by atoms with Gasteiger partial charge in [-0.3, -0.25) is 0 Å². The van der Waals surface area contributed by atoms with E-state index in [0.717, 1.165) is 12.5 Å². The lowest BCUT2D eigenvalue weighted by molar-refractivity contribution is 0.106. The summed E-state index contributed by atoms with van der Waals surface area (Å²) >= 11 is 0. The summed E-state index contributed by atoms with van der Waals surface area (Å²) in [6.07, 6.45) is 11.1. The molecule has 2 heterocycles. The van der Waals surface area contributed by atoms with E-state index in [9.17, 15) is 0 Å². The summed E-state index contributed by atoms with van der Waals surface area (Å²) in [7, 11) is 0. The Morgan fingerprint density at radius 3 is 2.64 bits per heavy atom. The first-order valence-electron chi connectivity index (χ1n) is 9.41. The molecule has 2 nitrogen and oxygen atoms in total. The molecule has 0 amide bonds. The molecule has 1 N–H and O–H groups in total. The van der Waals surface area contributed by atoms with Crippen LogP contribution < -0.4 is 5.32 Å². The van der Waals surface area contributed by atoms with Gasteiger partial charge in [-0.1, -0.05) is 43.5 Å². The van der Waals surface area contributed by atoms with Crippen LogP contribution in [0.1, 0.15) is 56.1 Å². The molecule has 1 aliphatic carbocycles. The van der Waals surface area contributed by atoms with E-state index in [-0.39, 0.29) is 5.54 Å². The fraction of sp³-hybridized carbons (Fsp3) is 0.700. The van der Waals surface area contributed by atoms with Gasteiger partial charge in [0.25, 0.3) is 0 Å². The van der Waals surface area contributed by atoms with Gasteiger partial charge in [0.05, 0.1) is 0 Å². The minimum absolute atomic E-state index is 0.276. The van der Waals surface area contributed by atoms with Crippen LogP contribution in [0.3, 0.4) is 0 Å². The number of benzene rings is 1. The van der Waals surface area contributed by atoms with Crippen molar-refractivity contribution in [2.75, 3.05) is 26.2 Å². The normalized spacial score (nSPS) is 26.0. The first kappa shape index (κ1) is 14.7. The summed E-state index contributed by atoms with van der Waals surface area (Å²) in [6, 6.07) is 9.14. The molecule has 1 spiro atoms.